The second-order valence-electron chi connectivity index (χ2n) is 7.96. The Morgan fingerprint density at radius 3 is 2.09 bits per heavy atom. The second-order valence-corrected chi connectivity index (χ2v) is 7.96. The van der Waals surface area contributed by atoms with Crippen LogP contribution in [0.5, 0.6) is 0 Å². The minimum absolute atomic E-state index is 0.374. The van der Waals surface area contributed by atoms with Gasteiger partial charge in [-0.15, -0.1) is 0 Å². The van der Waals surface area contributed by atoms with Crippen molar-refractivity contribution in [2.24, 2.45) is 5.92 Å². The fraction of sp³-hybridized carbons (Fsp3) is 1.00. The highest BCUT2D eigenvalue weighted by molar-refractivity contribution is 4.87. The van der Waals surface area contributed by atoms with Crippen molar-refractivity contribution in [3.05, 3.63) is 0 Å². The lowest BCUT2D eigenvalue weighted by Crippen LogP contribution is -2.51. The Labute approximate surface area is 136 Å². The molecule has 3 heteroatoms. The van der Waals surface area contributed by atoms with Crippen LogP contribution in [0.2, 0.25) is 0 Å². The molecule has 2 saturated carbocycles. The van der Waals surface area contributed by atoms with Crippen molar-refractivity contribution < 1.29 is 5.11 Å². The van der Waals surface area contributed by atoms with Gasteiger partial charge in [0.15, 0.2) is 0 Å². The average molecular weight is 309 g/mol. The number of hydrogen-bond donors (Lipinski definition) is 2. The Hall–Kier alpha value is -0.120. The van der Waals surface area contributed by atoms with E-state index < -0.39 is 0 Å². The Morgan fingerprint density at radius 2 is 1.41 bits per heavy atom. The van der Waals surface area contributed by atoms with Crippen molar-refractivity contribution in [2.75, 3.05) is 19.7 Å². The van der Waals surface area contributed by atoms with Crippen LogP contribution in [-0.2, 0) is 0 Å². The average Bonchev–Trinajstić information content (AvgIpc) is 2.81. The fourth-order valence-corrected chi connectivity index (χ4v) is 5.00. The molecule has 3 rings (SSSR count). The molecule has 0 aromatic carbocycles. The summed E-state index contributed by atoms with van der Waals surface area (Å²) >= 11 is 0. The predicted octanol–water partition coefficient (Wildman–Crippen LogP) is 3.31. The number of piperidine rings is 1. The van der Waals surface area contributed by atoms with E-state index in [1.165, 1.54) is 90.1 Å². The van der Waals surface area contributed by atoms with Gasteiger partial charge in [-0.05, 0) is 57.5 Å². The van der Waals surface area contributed by atoms with Gasteiger partial charge in [-0.1, -0.05) is 38.5 Å². The Balaban J connectivity index is 1.44. The first-order valence-corrected chi connectivity index (χ1v) is 9.98. The molecule has 2 unspecified atom stereocenters. The normalized spacial score (nSPS) is 33.7. The van der Waals surface area contributed by atoms with Crippen molar-refractivity contribution in [3.8, 4) is 0 Å². The molecule has 0 radical (unpaired) electrons. The topological polar surface area (TPSA) is 35.5 Å². The summed E-state index contributed by atoms with van der Waals surface area (Å²) in [6.07, 6.45) is 16.3. The number of aliphatic hydroxyl groups is 1. The van der Waals surface area contributed by atoms with Crippen LogP contribution in [-0.4, -0.2) is 47.8 Å². The quantitative estimate of drug-likeness (QED) is 0.782. The van der Waals surface area contributed by atoms with Gasteiger partial charge in [0.2, 0.25) is 0 Å². The van der Waals surface area contributed by atoms with E-state index in [-0.39, 0.29) is 0 Å². The van der Waals surface area contributed by atoms with Crippen LogP contribution in [0.1, 0.15) is 77.0 Å². The highest BCUT2D eigenvalue weighted by atomic mass is 16.3. The summed E-state index contributed by atoms with van der Waals surface area (Å²) in [6, 6.07) is 2.15. The summed E-state index contributed by atoms with van der Waals surface area (Å²) in [5.41, 5.74) is 0. The van der Waals surface area contributed by atoms with E-state index in [4.69, 9.17) is 0 Å². The molecule has 0 spiro atoms. The van der Waals surface area contributed by atoms with Gasteiger partial charge in [-0.3, -0.25) is 0 Å². The van der Waals surface area contributed by atoms with Gasteiger partial charge in [0.1, 0.15) is 0 Å². The summed E-state index contributed by atoms with van der Waals surface area (Å²) < 4.78 is 0. The summed E-state index contributed by atoms with van der Waals surface area (Å²) in [6.45, 7) is 2.95. The maximum absolute atomic E-state index is 9.68. The molecule has 0 bridgehead atoms. The highest BCUT2D eigenvalue weighted by Gasteiger charge is 2.29. The summed E-state index contributed by atoms with van der Waals surface area (Å²) in [4.78, 5) is 2.77. The van der Waals surface area contributed by atoms with E-state index in [0.717, 1.165) is 6.04 Å². The third-order valence-electron chi connectivity index (χ3n) is 6.46. The van der Waals surface area contributed by atoms with Gasteiger partial charge in [0, 0.05) is 24.7 Å². The first kappa shape index (κ1) is 16.7. The minimum Gasteiger partial charge on any atom is -0.396 e. The number of likely N-dealkylation sites (tertiary alicyclic amines) is 1. The third kappa shape index (κ3) is 4.46. The summed E-state index contributed by atoms with van der Waals surface area (Å²) in [5.74, 6) is 0.499. The standard InChI is InChI=1S/C19H36N2O/c22-15-16-7-3-1-6-10-19(16)20-17-11-13-21(14-12-17)18-8-4-2-5-9-18/h16-20,22H,1-15H2. The smallest absolute Gasteiger partial charge is 0.0474 e. The number of aliphatic hydroxyl groups excluding tert-OH is 1. The molecular weight excluding hydrogens is 272 g/mol. The summed E-state index contributed by atoms with van der Waals surface area (Å²) in [5, 5.41) is 13.6. The predicted molar refractivity (Wildman–Crippen MR) is 92.1 cm³/mol. The van der Waals surface area contributed by atoms with E-state index in [9.17, 15) is 5.11 Å². The lowest BCUT2D eigenvalue weighted by atomic mass is 9.90. The van der Waals surface area contributed by atoms with Gasteiger partial charge in [-0.2, -0.15) is 0 Å². The zero-order chi connectivity index (χ0) is 15.2. The van der Waals surface area contributed by atoms with Crippen molar-refractivity contribution in [1.82, 2.24) is 10.2 Å². The maximum atomic E-state index is 9.68. The van der Waals surface area contributed by atoms with Gasteiger partial charge in [0.25, 0.3) is 0 Å². The second kappa shape index (κ2) is 8.65. The Bertz CT molecular complexity index is 309. The molecule has 2 aliphatic carbocycles. The van der Waals surface area contributed by atoms with E-state index in [1.807, 2.05) is 0 Å². The molecule has 3 aliphatic rings. The van der Waals surface area contributed by atoms with Crippen LogP contribution in [0.4, 0.5) is 0 Å². The molecular formula is C19H36N2O. The first-order chi connectivity index (χ1) is 10.9. The van der Waals surface area contributed by atoms with Crippen LogP contribution < -0.4 is 5.32 Å². The van der Waals surface area contributed by atoms with Gasteiger partial charge >= 0.3 is 0 Å². The van der Waals surface area contributed by atoms with Crippen LogP contribution in [0.25, 0.3) is 0 Å². The highest BCUT2D eigenvalue weighted by Crippen LogP contribution is 2.27. The molecule has 1 aliphatic heterocycles. The third-order valence-corrected chi connectivity index (χ3v) is 6.46. The van der Waals surface area contributed by atoms with Crippen molar-refractivity contribution in [3.63, 3.8) is 0 Å². The first-order valence-electron chi connectivity index (χ1n) is 9.98. The van der Waals surface area contributed by atoms with Gasteiger partial charge in [0.05, 0.1) is 0 Å². The number of rotatable bonds is 4. The number of nitrogens with zero attached hydrogens (tertiary/aromatic N) is 1. The zero-order valence-electron chi connectivity index (χ0n) is 14.3. The van der Waals surface area contributed by atoms with E-state index in [2.05, 4.69) is 10.2 Å². The molecule has 22 heavy (non-hydrogen) atoms. The maximum Gasteiger partial charge on any atom is 0.0474 e. The largest absolute Gasteiger partial charge is 0.396 e. The van der Waals surface area contributed by atoms with Crippen LogP contribution in [0.3, 0.4) is 0 Å². The zero-order valence-corrected chi connectivity index (χ0v) is 14.3. The monoisotopic (exact) mass is 308 g/mol. The van der Waals surface area contributed by atoms with Crippen LogP contribution >= 0.6 is 0 Å². The SMILES string of the molecule is OCC1CCCCCC1NC1CCN(C2CCCCC2)CC1. The molecule has 2 N–H and O–H groups in total. The molecule has 0 aromatic rings. The van der Waals surface area contributed by atoms with Gasteiger partial charge in [-0.25, -0.2) is 0 Å². The van der Waals surface area contributed by atoms with Crippen molar-refractivity contribution >= 4 is 0 Å². The van der Waals surface area contributed by atoms with Crippen molar-refractivity contribution in [2.45, 2.75) is 95.2 Å². The van der Waals surface area contributed by atoms with Crippen LogP contribution in [0.15, 0.2) is 0 Å². The molecule has 1 heterocycles. The molecule has 128 valence electrons. The number of hydrogen-bond acceptors (Lipinski definition) is 3. The molecule has 2 atom stereocenters. The molecule has 0 amide bonds. The molecule has 0 aromatic heterocycles. The fourth-order valence-electron chi connectivity index (χ4n) is 5.00. The van der Waals surface area contributed by atoms with E-state index >= 15 is 0 Å². The summed E-state index contributed by atoms with van der Waals surface area (Å²) in [7, 11) is 0. The Kier molecular flexibility index (Phi) is 6.58. The molecule has 3 fully saturated rings. The molecule has 3 nitrogen and oxygen atoms in total. The van der Waals surface area contributed by atoms with Gasteiger partial charge < -0.3 is 15.3 Å². The minimum atomic E-state index is 0.374. The molecule has 1 saturated heterocycles. The lowest BCUT2D eigenvalue weighted by molar-refractivity contribution is 0.104. The Morgan fingerprint density at radius 1 is 0.773 bits per heavy atom. The van der Waals surface area contributed by atoms with E-state index in [0.29, 0.717) is 24.6 Å². The van der Waals surface area contributed by atoms with E-state index in [1.54, 1.807) is 0 Å². The number of nitrogens with one attached hydrogen (secondary N) is 1. The lowest BCUT2D eigenvalue weighted by Gasteiger charge is -2.41. The van der Waals surface area contributed by atoms with Crippen LogP contribution in [0, 0.1) is 5.92 Å². The van der Waals surface area contributed by atoms with Crippen molar-refractivity contribution in [1.29, 1.82) is 0 Å².